The van der Waals surface area contributed by atoms with Gasteiger partial charge < -0.3 is 16.4 Å². The molecule has 1 amide bonds. The summed E-state index contributed by atoms with van der Waals surface area (Å²) in [4.78, 5) is 15.6. The van der Waals surface area contributed by atoms with Gasteiger partial charge in [-0.25, -0.2) is 4.98 Å². The van der Waals surface area contributed by atoms with Crippen LogP contribution in [0.5, 0.6) is 0 Å². The minimum atomic E-state index is -0.283. The third-order valence-electron chi connectivity index (χ3n) is 1.89. The first kappa shape index (κ1) is 14.9. The highest BCUT2D eigenvalue weighted by molar-refractivity contribution is 6.37. The molecule has 1 aromatic heterocycles. The van der Waals surface area contributed by atoms with Crippen molar-refractivity contribution >= 4 is 40.7 Å². The molecule has 1 heterocycles. The Hall–Kier alpha value is -1.20. The maximum absolute atomic E-state index is 11.6. The normalized spacial score (nSPS) is 11.2. The monoisotopic (exact) mass is 290 g/mol. The summed E-state index contributed by atoms with van der Waals surface area (Å²) in [5.74, 6) is 0.344. The molecule has 0 bridgehead atoms. The highest BCUT2D eigenvalue weighted by Gasteiger charge is 2.14. The van der Waals surface area contributed by atoms with Crippen LogP contribution in [0.15, 0.2) is 6.07 Å². The largest absolute Gasteiger partial charge is 0.382 e. The second-order valence-corrected chi connectivity index (χ2v) is 5.65. The lowest BCUT2D eigenvalue weighted by molar-refractivity contribution is -0.120. The Morgan fingerprint density at radius 3 is 2.56 bits per heavy atom. The molecule has 0 fully saturated rings. The molecule has 0 aliphatic heterocycles. The molecule has 0 spiro atoms. The Bertz CT molecular complexity index is 457. The van der Waals surface area contributed by atoms with Crippen molar-refractivity contribution in [3.05, 3.63) is 16.1 Å². The number of hydrogen-bond acceptors (Lipinski definition) is 4. The van der Waals surface area contributed by atoms with Crippen LogP contribution in [0.2, 0.25) is 10.0 Å². The molecular weight excluding hydrogens is 275 g/mol. The topological polar surface area (TPSA) is 80.0 Å². The fourth-order valence-corrected chi connectivity index (χ4v) is 1.66. The SMILES string of the molecule is CC(C)(C)NC(=O)CNc1nc(N)c(Cl)cc1Cl. The van der Waals surface area contributed by atoms with Crippen LogP contribution in [0.3, 0.4) is 0 Å². The standard InChI is InChI=1S/C11H16Cl2N4O/c1-11(2,3)17-8(18)5-15-10-7(13)4-6(12)9(14)16-10/h4H,5H2,1-3H3,(H,17,18)(H3,14,15,16). The minimum absolute atomic E-state index is 0.0606. The molecule has 5 nitrogen and oxygen atoms in total. The van der Waals surface area contributed by atoms with Crippen LogP contribution >= 0.6 is 23.2 Å². The van der Waals surface area contributed by atoms with Crippen LogP contribution < -0.4 is 16.4 Å². The fourth-order valence-electron chi connectivity index (χ4n) is 1.23. The van der Waals surface area contributed by atoms with E-state index in [0.29, 0.717) is 10.8 Å². The van der Waals surface area contributed by atoms with Crippen molar-refractivity contribution in [3.63, 3.8) is 0 Å². The average molecular weight is 291 g/mol. The van der Waals surface area contributed by atoms with E-state index >= 15 is 0 Å². The molecule has 0 saturated carbocycles. The van der Waals surface area contributed by atoms with Crippen molar-refractivity contribution < 1.29 is 4.79 Å². The van der Waals surface area contributed by atoms with Crippen molar-refractivity contribution in [1.82, 2.24) is 10.3 Å². The quantitative estimate of drug-likeness (QED) is 0.798. The molecule has 1 rings (SSSR count). The lowest BCUT2D eigenvalue weighted by Gasteiger charge is -2.20. The van der Waals surface area contributed by atoms with Crippen LogP contribution in [0, 0.1) is 0 Å². The Labute approximate surface area is 116 Å². The van der Waals surface area contributed by atoms with Gasteiger partial charge in [-0.05, 0) is 26.8 Å². The Morgan fingerprint density at radius 1 is 1.39 bits per heavy atom. The molecule has 0 atom stereocenters. The Kier molecular flexibility index (Phi) is 4.65. The number of carbonyl (C=O) groups excluding carboxylic acids is 1. The zero-order chi connectivity index (χ0) is 13.9. The zero-order valence-corrected chi connectivity index (χ0v) is 12.0. The number of carbonyl (C=O) groups is 1. The van der Waals surface area contributed by atoms with Gasteiger partial charge in [0.1, 0.15) is 11.6 Å². The van der Waals surface area contributed by atoms with E-state index in [1.165, 1.54) is 6.07 Å². The summed E-state index contributed by atoms with van der Waals surface area (Å²) < 4.78 is 0. The predicted octanol–water partition coefficient (Wildman–Crippen LogP) is 2.30. The summed E-state index contributed by atoms with van der Waals surface area (Å²) in [5.41, 5.74) is 5.27. The minimum Gasteiger partial charge on any atom is -0.382 e. The van der Waals surface area contributed by atoms with Crippen molar-refractivity contribution in [3.8, 4) is 0 Å². The van der Waals surface area contributed by atoms with Crippen molar-refractivity contribution in [2.75, 3.05) is 17.6 Å². The third kappa shape index (κ3) is 4.58. The second kappa shape index (κ2) is 5.63. The lowest BCUT2D eigenvalue weighted by Crippen LogP contribution is -2.43. The van der Waals surface area contributed by atoms with Gasteiger partial charge in [-0.2, -0.15) is 0 Å². The number of halogens is 2. The molecule has 1 aromatic rings. The van der Waals surface area contributed by atoms with Crippen LogP contribution in [0.4, 0.5) is 11.6 Å². The number of amides is 1. The van der Waals surface area contributed by atoms with E-state index in [-0.39, 0.29) is 28.8 Å². The van der Waals surface area contributed by atoms with Gasteiger partial charge in [0.25, 0.3) is 0 Å². The number of nitrogen functional groups attached to an aromatic ring is 1. The summed E-state index contributed by atoms with van der Waals surface area (Å²) in [6, 6.07) is 1.48. The second-order valence-electron chi connectivity index (χ2n) is 4.84. The van der Waals surface area contributed by atoms with E-state index in [1.54, 1.807) is 0 Å². The zero-order valence-electron chi connectivity index (χ0n) is 10.5. The molecule has 0 aliphatic rings. The molecule has 18 heavy (non-hydrogen) atoms. The van der Waals surface area contributed by atoms with Crippen molar-refractivity contribution in [1.29, 1.82) is 0 Å². The molecule has 0 aliphatic carbocycles. The smallest absolute Gasteiger partial charge is 0.239 e. The third-order valence-corrected chi connectivity index (χ3v) is 2.48. The number of nitrogens with one attached hydrogen (secondary N) is 2. The fraction of sp³-hybridized carbons (Fsp3) is 0.455. The van der Waals surface area contributed by atoms with Gasteiger partial charge in [0.2, 0.25) is 5.91 Å². The number of hydrogen-bond donors (Lipinski definition) is 3. The molecule has 0 radical (unpaired) electrons. The van der Waals surface area contributed by atoms with E-state index in [2.05, 4.69) is 15.6 Å². The highest BCUT2D eigenvalue weighted by Crippen LogP contribution is 2.27. The van der Waals surface area contributed by atoms with Crippen molar-refractivity contribution in [2.24, 2.45) is 0 Å². The number of rotatable bonds is 3. The van der Waals surface area contributed by atoms with E-state index in [0.717, 1.165) is 0 Å². The number of anilines is 2. The van der Waals surface area contributed by atoms with E-state index < -0.39 is 0 Å². The van der Waals surface area contributed by atoms with Gasteiger partial charge in [-0.1, -0.05) is 23.2 Å². The molecule has 7 heteroatoms. The first-order chi connectivity index (χ1) is 8.19. The average Bonchev–Trinajstić information content (AvgIpc) is 2.19. The molecule has 0 saturated heterocycles. The van der Waals surface area contributed by atoms with Crippen LogP contribution in [0.1, 0.15) is 20.8 Å². The highest BCUT2D eigenvalue weighted by atomic mass is 35.5. The van der Waals surface area contributed by atoms with Crippen molar-refractivity contribution in [2.45, 2.75) is 26.3 Å². The predicted molar refractivity (Wildman–Crippen MR) is 75.1 cm³/mol. The number of nitrogens with two attached hydrogens (primary N) is 1. The molecular formula is C11H16Cl2N4O. The number of aromatic nitrogens is 1. The lowest BCUT2D eigenvalue weighted by atomic mass is 10.1. The van der Waals surface area contributed by atoms with E-state index in [4.69, 9.17) is 28.9 Å². The molecule has 4 N–H and O–H groups in total. The van der Waals surface area contributed by atoms with Gasteiger partial charge in [0.05, 0.1) is 16.6 Å². The summed E-state index contributed by atoms with van der Waals surface area (Å²) in [6.07, 6.45) is 0. The van der Waals surface area contributed by atoms with Gasteiger partial charge >= 0.3 is 0 Å². The van der Waals surface area contributed by atoms with Crippen LogP contribution in [-0.4, -0.2) is 23.0 Å². The van der Waals surface area contributed by atoms with E-state index in [9.17, 15) is 4.79 Å². The van der Waals surface area contributed by atoms with Crippen LogP contribution in [-0.2, 0) is 4.79 Å². The number of pyridine rings is 1. The van der Waals surface area contributed by atoms with Gasteiger partial charge in [-0.3, -0.25) is 4.79 Å². The number of nitrogens with zero attached hydrogens (tertiary/aromatic N) is 1. The van der Waals surface area contributed by atoms with Crippen LogP contribution in [0.25, 0.3) is 0 Å². The summed E-state index contributed by atoms with van der Waals surface area (Å²) >= 11 is 11.7. The summed E-state index contributed by atoms with van der Waals surface area (Å²) in [5, 5.41) is 6.21. The summed E-state index contributed by atoms with van der Waals surface area (Å²) in [7, 11) is 0. The van der Waals surface area contributed by atoms with Gasteiger partial charge in [0, 0.05) is 5.54 Å². The molecule has 0 unspecified atom stereocenters. The first-order valence-corrected chi connectivity index (χ1v) is 6.11. The Morgan fingerprint density at radius 2 is 2.00 bits per heavy atom. The van der Waals surface area contributed by atoms with Gasteiger partial charge in [0.15, 0.2) is 0 Å². The molecule has 100 valence electrons. The first-order valence-electron chi connectivity index (χ1n) is 5.35. The van der Waals surface area contributed by atoms with E-state index in [1.807, 2.05) is 20.8 Å². The molecule has 0 aromatic carbocycles. The summed E-state index contributed by atoms with van der Waals surface area (Å²) in [6.45, 7) is 5.76. The van der Waals surface area contributed by atoms with Gasteiger partial charge in [-0.15, -0.1) is 0 Å². The Balaban J connectivity index is 2.64. The maximum atomic E-state index is 11.6. The maximum Gasteiger partial charge on any atom is 0.239 e.